The molecule has 0 radical (unpaired) electrons. The molecule has 0 saturated carbocycles. The van der Waals surface area contributed by atoms with Crippen molar-refractivity contribution >= 4 is 11.9 Å². The van der Waals surface area contributed by atoms with Crippen molar-refractivity contribution in [2.75, 3.05) is 13.1 Å². The first kappa shape index (κ1) is 20.8. The number of nitrogens with zero attached hydrogens (tertiary/aromatic N) is 1. The van der Waals surface area contributed by atoms with Crippen LogP contribution >= 0.6 is 0 Å². The lowest BCUT2D eigenvalue weighted by molar-refractivity contribution is -0.148. The van der Waals surface area contributed by atoms with Crippen LogP contribution in [-0.4, -0.2) is 46.7 Å². The molecule has 0 aromatic heterocycles. The molecule has 0 unspecified atom stereocenters. The standard InChI is InChI=1S/C23H33NO4/c1-15(2)7-6-8-16(3)9-11-22(4,5)13-24-14-23-12-10-17(28-23)18(21(26)27)19(23)20(24)25/h7,9-10,12,17-19H,6,8,11,13-14H2,1-5H3,(H,26,27)/b16-9-/t17-,18+,19+,23-/m1/s1. The van der Waals surface area contributed by atoms with E-state index in [2.05, 4.69) is 46.8 Å². The molecule has 4 atom stereocenters. The Balaban J connectivity index is 1.62. The van der Waals surface area contributed by atoms with E-state index in [0.717, 1.165) is 19.3 Å². The van der Waals surface area contributed by atoms with Gasteiger partial charge in [0.05, 0.1) is 18.6 Å². The van der Waals surface area contributed by atoms with Crippen molar-refractivity contribution in [2.24, 2.45) is 17.3 Å². The first-order valence-corrected chi connectivity index (χ1v) is 10.2. The Morgan fingerprint density at radius 2 is 2.07 bits per heavy atom. The summed E-state index contributed by atoms with van der Waals surface area (Å²) in [5.74, 6) is -2.36. The molecule has 1 amide bonds. The normalized spacial score (nSPS) is 31.5. The van der Waals surface area contributed by atoms with Crippen LogP contribution in [0.4, 0.5) is 0 Å². The van der Waals surface area contributed by atoms with Gasteiger partial charge in [-0.3, -0.25) is 9.59 Å². The third-order valence-corrected chi connectivity index (χ3v) is 6.18. The number of amides is 1. The molecule has 1 spiro atoms. The largest absolute Gasteiger partial charge is 0.481 e. The number of carbonyl (C=O) groups excluding carboxylic acids is 1. The molecule has 0 aromatic rings. The second-order valence-electron chi connectivity index (χ2n) is 9.67. The average Bonchev–Trinajstić information content (AvgIpc) is 3.21. The topological polar surface area (TPSA) is 66.8 Å². The summed E-state index contributed by atoms with van der Waals surface area (Å²) < 4.78 is 5.96. The number of carboxylic acid groups (broad SMARTS) is 1. The van der Waals surface area contributed by atoms with E-state index >= 15 is 0 Å². The van der Waals surface area contributed by atoms with Crippen LogP contribution in [0.25, 0.3) is 0 Å². The summed E-state index contributed by atoms with van der Waals surface area (Å²) in [7, 11) is 0. The summed E-state index contributed by atoms with van der Waals surface area (Å²) >= 11 is 0. The second-order valence-corrected chi connectivity index (χ2v) is 9.67. The quantitative estimate of drug-likeness (QED) is 0.640. The lowest BCUT2D eigenvalue weighted by Gasteiger charge is -2.31. The molecule has 2 saturated heterocycles. The predicted octanol–water partition coefficient (Wildman–Crippen LogP) is 3.96. The van der Waals surface area contributed by atoms with E-state index in [1.54, 1.807) is 0 Å². The minimum Gasteiger partial charge on any atom is -0.481 e. The van der Waals surface area contributed by atoms with Gasteiger partial charge in [-0.2, -0.15) is 0 Å². The van der Waals surface area contributed by atoms with Crippen LogP contribution in [0.5, 0.6) is 0 Å². The zero-order valence-electron chi connectivity index (χ0n) is 17.7. The fraction of sp³-hybridized carbons (Fsp3) is 0.652. The van der Waals surface area contributed by atoms with Crippen LogP contribution in [-0.2, 0) is 14.3 Å². The summed E-state index contributed by atoms with van der Waals surface area (Å²) in [5.41, 5.74) is 1.89. The molecule has 3 heterocycles. The maximum Gasteiger partial charge on any atom is 0.310 e. The molecule has 0 aliphatic carbocycles. The molecule has 5 nitrogen and oxygen atoms in total. The molecule has 1 N–H and O–H groups in total. The van der Waals surface area contributed by atoms with Gasteiger partial charge in [-0.05, 0) is 45.4 Å². The Morgan fingerprint density at radius 3 is 2.71 bits per heavy atom. The van der Waals surface area contributed by atoms with Crippen molar-refractivity contribution in [3.8, 4) is 0 Å². The lowest BCUT2D eigenvalue weighted by Crippen LogP contribution is -2.40. The van der Waals surface area contributed by atoms with E-state index < -0.39 is 29.5 Å². The third kappa shape index (κ3) is 3.95. The Morgan fingerprint density at radius 1 is 1.36 bits per heavy atom. The maximum absolute atomic E-state index is 13.0. The third-order valence-electron chi connectivity index (χ3n) is 6.18. The number of ether oxygens (including phenoxy) is 1. The van der Waals surface area contributed by atoms with Crippen LogP contribution in [0.1, 0.15) is 53.9 Å². The lowest BCUT2D eigenvalue weighted by atomic mass is 9.77. The number of likely N-dealkylation sites (tertiary alicyclic amines) is 1. The highest BCUT2D eigenvalue weighted by Crippen LogP contribution is 2.52. The highest BCUT2D eigenvalue weighted by molar-refractivity contribution is 5.90. The number of carboxylic acids is 1. The van der Waals surface area contributed by atoms with Gasteiger partial charge in [0.1, 0.15) is 11.5 Å². The monoisotopic (exact) mass is 387 g/mol. The van der Waals surface area contributed by atoms with Gasteiger partial charge in [-0.25, -0.2) is 0 Å². The molecule has 3 aliphatic heterocycles. The molecule has 154 valence electrons. The minimum absolute atomic E-state index is 0.0726. The van der Waals surface area contributed by atoms with E-state index in [1.807, 2.05) is 17.1 Å². The summed E-state index contributed by atoms with van der Waals surface area (Å²) in [4.78, 5) is 26.5. The van der Waals surface area contributed by atoms with Gasteiger partial charge in [0.2, 0.25) is 5.91 Å². The van der Waals surface area contributed by atoms with Crippen molar-refractivity contribution < 1.29 is 19.4 Å². The summed E-state index contributed by atoms with van der Waals surface area (Å²) in [6, 6.07) is 0. The van der Waals surface area contributed by atoms with Gasteiger partial charge in [0.25, 0.3) is 0 Å². The number of carbonyl (C=O) groups is 2. The van der Waals surface area contributed by atoms with Gasteiger partial charge < -0.3 is 14.7 Å². The van der Waals surface area contributed by atoms with E-state index in [1.165, 1.54) is 11.1 Å². The van der Waals surface area contributed by atoms with E-state index in [9.17, 15) is 14.7 Å². The molecule has 5 heteroatoms. The van der Waals surface area contributed by atoms with Crippen molar-refractivity contribution in [3.05, 3.63) is 35.5 Å². The highest BCUT2D eigenvalue weighted by atomic mass is 16.5. The van der Waals surface area contributed by atoms with Crippen molar-refractivity contribution in [1.82, 2.24) is 4.90 Å². The fourth-order valence-electron chi connectivity index (χ4n) is 4.72. The Hall–Kier alpha value is -1.88. The molecule has 3 aliphatic rings. The molecule has 3 rings (SSSR count). The zero-order chi connectivity index (χ0) is 20.7. The van der Waals surface area contributed by atoms with Gasteiger partial charge in [0, 0.05) is 6.54 Å². The van der Waals surface area contributed by atoms with E-state index in [0.29, 0.717) is 13.1 Å². The Labute approximate surface area is 168 Å². The fourth-order valence-corrected chi connectivity index (χ4v) is 4.72. The molecule has 2 bridgehead atoms. The molecule has 28 heavy (non-hydrogen) atoms. The Kier molecular flexibility index (Phi) is 5.59. The van der Waals surface area contributed by atoms with Gasteiger partial charge in [0.15, 0.2) is 0 Å². The smallest absolute Gasteiger partial charge is 0.310 e. The minimum atomic E-state index is -0.939. The predicted molar refractivity (Wildman–Crippen MR) is 109 cm³/mol. The van der Waals surface area contributed by atoms with Crippen LogP contribution in [0.2, 0.25) is 0 Å². The van der Waals surface area contributed by atoms with Gasteiger partial charge in [-0.1, -0.05) is 49.3 Å². The number of aliphatic carboxylic acids is 1. The van der Waals surface area contributed by atoms with Crippen LogP contribution in [0.15, 0.2) is 35.5 Å². The van der Waals surface area contributed by atoms with Gasteiger partial charge in [-0.15, -0.1) is 0 Å². The van der Waals surface area contributed by atoms with Crippen molar-refractivity contribution in [3.63, 3.8) is 0 Å². The van der Waals surface area contributed by atoms with Crippen LogP contribution in [0, 0.1) is 17.3 Å². The Bertz CT molecular complexity index is 744. The first-order chi connectivity index (χ1) is 13.0. The number of allylic oxidation sites excluding steroid dienone is 4. The van der Waals surface area contributed by atoms with E-state index in [4.69, 9.17) is 4.74 Å². The maximum atomic E-state index is 13.0. The highest BCUT2D eigenvalue weighted by Gasteiger charge is 2.67. The van der Waals surface area contributed by atoms with Crippen LogP contribution < -0.4 is 0 Å². The molecular formula is C23H33NO4. The summed E-state index contributed by atoms with van der Waals surface area (Å²) in [5, 5.41) is 9.57. The summed E-state index contributed by atoms with van der Waals surface area (Å²) in [6.07, 6.45) is 10.8. The van der Waals surface area contributed by atoms with Crippen molar-refractivity contribution in [2.45, 2.75) is 65.6 Å². The first-order valence-electron chi connectivity index (χ1n) is 10.2. The SMILES string of the molecule is CC(C)=CCC/C(C)=C\CC(C)(C)CN1C[C@@]23C=C[C@@H](O2)[C@H](C(=O)O)[C@H]3C1=O. The van der Waals surface area contributed by atoms with E-state index in [-0.39, 0.29) is 11.3 Å². The molecule has 0 aromatic carbocycles. The number of hydrogen-bond acceptors (Lipinski definition) is 3. The number of fused-ring (bicyclic) bond motifs is 1. The molecular weight excluding hydrogens is 354 g/mol. The summed E-state index contributed by atoms with van der Waals surface area (Å²) in [6.45, 7) is 11.8. The second kappa shape index (κ2) is 7.51. The van der Waals surface area contributed by atoms with Gasteiger partial charge >= 0.3 is 5.97 Å². The molecule has 2 fully saturated rings. The van der Waals surface area contributed by atoms with Crippen LogP contribution in [0.3, 0.4) is 0 Å². The van der Waals surface area contributed by atoms with Crippen molar-refractivity contribution in [1.29, 1.82) is 0 Å². The number of rotatable bonds is 8. The number of hydrogen-bond donors (Lipinski definition) is 1. The average molecular weight is 388 g/mol. The zero-order valence-corrected chi connectivity index (χ0v) is 17.7.